The maximum absolute atomic E-state index is 12.8. The first-order valence-corrected chi connectivity index (χ1v) is 10.9. The molecule has 0 saturated heterocycles. The van der Waals surface area contributed by atoms with Crippen LogP contribution in [0.3, 0.4) is 0 Å². The second kappa shape index (κ2) is 9.80. The van der Waals surface area contributed by atoms with Crippen molar-refractivity contribution in [2.45, 2.75) is 39.2 Å². The minimum Gasteiger partial charge on any atom is -0.384 e. The van der Waals surface area contributed by atoms with E-state index in [9.17, 15) is 9.90 Å². The van der Waals surface area contributed by atoms with Gasteiger partial charge in [0, 0.05) is 35.9 Å². The molecule has 9 heteroatoms. The normalized spacial score (nSPS) is 11.3. The van der Waals surface area contributed by atoms with Crippen molar-refractivity contribution in [3.05, 3.63) is 89.3 Å². The van der Waals surface area contributed by atoms with E-state index in [0.717, 1.165) is 35.5 Å². The van der Waals surface area contributed by atoms with E-state index >= 15 is 0 Å². The summed E-state index contributed by atoms with van der Waals surface area (Å²) < 4.78 is 0. The van der Waals surface area contributed by atoms with Crippen LogP contribution in [0.4, 0.5) is 17.3 Å². The van der Waals surface area contributed by atoms with Crippen LogP contribution >= 0.6 is 0 Å². The van der Waals surface area contributed by atoms with E-state index in [2.05, 4.69) is 35.8 Å². The minimum atomic E-state index is -1.12. The molecule has 9 nitrogen and oxygen atoms in total. The summed E-state index contributed by atoms with van der Waals surface area (Å²) in [4.78, 5) is 25.1. The fourth-order valence-corrected chi connectivity index (χ4v) is 3.45. The summed E-state index contributed by atoms with van der Waals surface area (Å²) in [6.45, 7) is 5.32. The Morgan fingerprint density at radius 1 is 1.06 bits per heavy atom. The molecular formula is C25H27N7O2. The molecule has 0 fully saturated rings. The van der Waals surface area contributed by atoms with Gasteiger partial charge in [-0.25, -0.2) is 4.98 Å². The van der Waals surface area contributed by atoms with Crippen molar-refractivity contribution in [1.29, 1.82) is 0 Å². The van der Waals surface area contributed by atoms with E-state index < -0.39 is 5.60 Å². The van der Waals surface area contributed by atoms with Crippen LogP contribution in [0.5, 0.6) is 0 Å². The van der Waals surface area contributed by atoms with Crippen LogP contribution in [0.25, 0.3) is 0 Å². The molecule has 1 aromatic carbocycles. The van der Waals surface area contributed by atoms with Gasteiger partial charge >= 0.3 is 0 Å². The fraction of sp³-hybridized carbons (Fsp3) is 0.240. The Kier molecular flexibility index (Phi) is 6.65. The van der Waals surface area contributed by atoms with Crippen LogP contribution in [0.1, 0.15) is 46.7 Å². The largest absolute Gasteiger partial charge is 0.384 e. The Morgan fingerprint density at radius 2 is 1.91 bits per heavy atom. The van der Waals surface area contributed by atoms with E-state index in [1.807, 2.05) is 31.2 Å². The van der Waals surface area contributed by atoms with E-state index in [1.54, 1.807) is 44.6 Å². The van der Waals surface area contributed by atoms with Crippen LogP contribution in [0, 0.1) is 6.92 Å². The number of amides is 1. The standard InChI is InChI=1S/C25H27N7O2/c1-16-4-6-19(29-24(33)18-8-9-27-21(13-18)25(2,3)34)12-17(16)5-7-20-14-22(32-31-20)30-23-15-26-10-11-28-23/h4,6,8-15,34H,5,7H2,1-3H3,(H,29,33)(H2,28,30,31,32). The number of nitrogens with one attached hydrogen (secondary N) is 3. The number of carbonyl (C=O) groups excluding carboxylic acids is 1. The summed E-state index contributed by atoms with van der Waals surface area (Å²) in [6, 6.07) is 11.0. The molecule has 0 spiro atoms. The molecule has 0 aliphatic heterocycles. The lowest BCUT2D eigenvalue weighted by molar-refractivity contribution is 0.0737. The summed E-state index contributed by atoms with van der Waals surface area (Å²) in [5, 5.41) is 23.6. The highest BCUT2D eigenvalue weighted by Gasteiger charge is 2.19. The summed E-state index contributed by atoms with van der Waals surface area (Å²) >= 11 is 0. The number of aliphatic hydroxyl groups is 1. The molecule has 4 N–H and O–H groups in total. The summed E-state index contributed by atoms with van der Waals surface area (Å²) in [6.07, 6.45) is 7.91. The van der Waals surface area contributed by atoms with Crippen molar-refractivity contribution >= 4 is 23.2 Å². The smallest absolute Gasteiger partial charge is 0.255 e. The number of hydrogen-bond donors (Lipinski definition) is 4. The highest BCUT2D eigenvalue weighted by Crippen LogP contribution is 2.21. The number of rotatable bonds is 8. The van der Waals surface area contributed by atoms with Crippen molar-refractivity contribution in [2.75, 3.05) is 10.6 Å². The third-order valence-electron chi connectivity index (χ3n) is 5.36. The average Bonchev–Trinajstić information content (AvgIpc) is 3.26. The Morgan fingerprint density at radius 3 is 2.68 bits per heavy atom. The molecule has 0 atom stereocenters. The summed E-state index contributed by atoms with van der Waals surface area (Å²) in [5.74, 6) is 1.13. The SMILES string of the molecule is Cc1ccc(NC(=O)c2ccnc(C(C)(C)O)c2)cc1CCc1cc(Nc2cnccn2)[nH]n1. The lowest BCUT2D eigenvalue weighted by Gasteiger charge is -2.17. The Balaban J connectivity index is 1.40. The highest BCUT2D eigenvalue weighted by atomic mass is 16.3. The molecule has 4 aromatic rings. The number of aromatic nitrogens is 5. The third kappa shape index (κ3) is 5.81. The monoisotopic (exact) mass is 457 g/mol. The first-order chi connectivity index (χ1) is 16.3. The zero-order valence-electron chi connectivity index (χ0n) is 19.3. The zero-order chi connectivity index (χ0) is 24.1. The second-order valence-electron chi connectivity index (χ2n) is 8.57. The molecule has 0 unspecified atom stereocenters. The van der Waals surface area contributed by atoms with E-state index in [4.69, 9.17) is 0 Å². The predicted molar refractivity (Wildman–Crippen MR) is 130 cm³/mol. The number of aryl methyl sites for hydroxylation is 3. The second-order valence-corrected chi connectivity index (χ2v) is 8.57. The van der Waals surface area contributed by atoms with Gasteiger partial charge in [-0.3, -0.25) is 19.9 Å². The van der Waals surface area contributed by atoms with Gasteiger partial charge in [-0.05, 0) is 69.0 Å². The first kappa shape index (κ1) is 23.1. The van der Waals surface area contributed by atoms with Crippen LogP contribution in [-0.2, 0) is 18.4 Å². The molecule has 0 aliphatic carbocycles. The Bertz CT molecular complexity index is 1280. The third-order valence-corrected chi connectivity index (χ3v) is 5.36. The minimum absolute atomic E-state index is 0.255. The molecule has 174 valence electrons. The molecule has 3 aromatic heterocycles. The topological polar surface area (TPSA) is 129 Å². The fourth-order valence-electron chi connectivity index (χ4n) is 3.45. The van der Waals surface area contributed by atoms with E-state index in [-0.39, 0.29) is 5.91 Å². The molecule has 1 amide bonds. The number of pyridine rings is 1. The van der Waals surface area contributed by atoms with Crippen molar-refractivity contribution in [1.82, 2.24) is 25.1 Å². The van der Waals surface area contributed by atoms with Crippen LogP contribution in [0.15, 0.2) is 61.2 Å². The predicted octanol–water partition coefficient (Wildman–Crippen LogP) is 3.91. The van der Waals surface area contributed by atoms with Crippen molar-refractivity contribution < 1.29 is 9.90 Å². The molecule has 34 heavy (non-hydrogen) atoms. The molecule has 0 saturated carbocycles. The maximum atomic E-state index is 12.8. The van der Waals surface area contributed by atoms with Crippen molar-refractivity contribution in [3.8, 4) is 0 Å². The average molecular weight is 458 g/mol. The Labute approximate surface area is 197 Å². The highest BCUT2D eigenvalue weighted by molar-refractivity contribution is 6.04. The molecular weight excluding hydrogens is 430 g/mol. The van der Waals surface area contributed by atoms with E-state index in [1.165, 1.54) is 6.20 Å². The number of benzene rings is 1. The number of hydrogen-bond acceptors (Lipinski definition) is 7. The summed E-state index contributed by atoms with van der Waals surface area (Å²) in [7, 11) is 0. The van der Waals surface area contributed by atoms with Crippen LogP contribution < -0.4 is 10.6 Å². The van der Waals surface area contributed by atoms with Crippen molar-refractivity contribution in [2.24, 2.45) is 0 Å². The van der Waals surface area contributed by atoms with Gasteiger partial charge in [0.2, 0.25) is 0 Å². The lowest BCUT2D eigenvalue weighted by atomic mass is 10.0. The number of nitrogens with zero attached hydrogens (tertiary/aromatic N) is 4. The van der Waals surface area contributed by atoms with Gasteiger partial charge in [0.1, 0.15) is 17.2 Å². The molecule has 3 heterocycles. The number of carbonyl (C=O) groups is 1. The quantitative estimate of drug-likeness (QED) is 0.316. The van der Waals surface area contributed by atoms with E-state index in [0.29, 0.717) is 22.8 Å². The van der Waals surface area contributed by atoms with Gasteiger partial charge in [-0.15, -0.1) is 0 Å². The van der Waals surface area contributed by atoms with Gasteiger partial charge in [0.05, 0.1) is 17.6 Å². The van der Waals surface area contributed by atoms with Gasteiger partial charge in [0.15, 0.2) is 0 Å². The van der Waals surface area contributed by atoms with Crippen LogP contribution in [-0.4, -0.2) is 36.2 Å². The Hall–Kier alpha value is -4.11. The van der Waals surface area contributed by atoms with Gasteiger partial charge < -0.3 is 15.7 Å². The molecule has 4 rings (SSSR count). The van der Waals surface area contributed by atoms with Gasteiger partial charge in [-0.1, -0.05) is 6.07 Å². The number of anilines is 3. The van der Waals surface area contributed by atoms with Crippen LogP contribution in [0.2, 0.25) is 0 Å². The molecule has 0 bridgehead atoms. The number of aromatic amines is 1. The lowest BCUT2D eigenvalue weighted by Crippen LogP contribution is -2.19. The maximum Gasteiger partial charge on any atom is 0.255 e. The van der Waals surface area contributed by atoms with Crippen molar-refractivity contribution in [3.63, 3.8) is 0 Å². The molecule has 0 radical (unpaired) electrons. The molecule has 0 aliphatic rings. The zero-order valence-corrected chi connectivity index (χ0v) is 19.3. The summed E-state index contributed by atoms with van der Waals surface area (Å²) in [5.41, 5.74) is 3.64. The number of H-pyrrole nitrogens is 1. The van der Waals surface area contributed by atoms with Gasteiger partial charge in [0.25, 0.3) is 5.91 Å². The first-order valence-electron chi connectivity index (χ1n) is 10.9. The van der Waals surface area contributed by atoms with Gasteiger partial charge in [-0.2, -0.15) is 5.10 Å².